The van der Waals surface area contributed by atoms with Gasteiger partial charge in [0.2, 0.25) is 5.91 Å². The number of nitrogens with zero attached hydrogens (tertiary/aromatic N) is 6. The number of fused-ring (bicyclic) bond motifs is 1. The highest BCUT2D eigenvalue weighted by molar-refractivity contribution is 5.91. The number of aromatic nitrogens is 4. The molecule has 0 spiro atoms. The van der Waals surface area contributed by atoms with Gasteiger partial charge in [-0.1, -0.05) is 6.92 Å². The molecule has 0 saturated carbocycles. The maximum Gasteiger partial charge on any atom is 0.332 e. The second-order valence-electron chi connectivity index (χ2n) is 8.89. The van der Waals surface area contributed by atoms with Crippen LogP contribution in [0.2, 0.25) is 0 Å². The lowest BCUT2D eigenvalue weighted by Gasteiger charge is -2.36. The molecule has 0 atom stereocenters. The van der Waals surface area contributed by atoms with Crippen LogP contribution in [0.1, 0.15) is 25.3 Å². The molecule has 1 saturated heterocycles. The van der Waals surface area contributed by atoms with Crippen molar-refractivity contribution in [1.29, 1.82) is 0 Å². The first-order chi connectivity index (χ1) is 16.3. The fourth-order valence-corrected chi connectivity index (χ4v) is 4.59. The minimum atomic E-state index is -0.411. The Kier molecular flexibility index (Phi) is 6.87. The summed E-state index contributed by atoms with van der Waals surface area (Å²) in [6.07, 6.45) is 2.40. The second-order valence-corrected chi connectivity index (χ2v) is 8.89. The average molecular weight is 468 g/mol. The van der Waals surface area contributed by atoms with Gasteiger partial charge in [0.05, 0.1) is 6.33 Å². The first-order valence-electron chi connectivity index (χ1n) is 11.8. The number of hydrogen-bond donors (Lipinski definition) is 1. The quantitative estimate of drug-likeness (QED) is 0.563. The number of likely N-dealkylation sites (N-methyl/N-ethyl adjacent to an activating group) is 1. The van der Waals surface area contributed by atoms with E-state index >= 15 is 0 Å². The highest BCUT2D eigenvalue weighted by Crippen LogP contribution is 2.25. The molecule has 3 heterocycles. The van der Waals surface area contributed by atoms with Crippen LogP contribution in [0.4, 0.5) is 11.4 Å². The summed E-state index contributed by atoms with van der Waals surface area (Å²) in [4.78, 5) is 46.2. The number of nitrogens with one attached hydrogen (secondary N) is 1. The fraction of sp³-hybridized carbons (Fsp3) is 0.500. The van der Waals surface area contributed by atoms with Crippen LogP contribution in [-0.2, 0) is 25.4 Å². The number of piperazine rings is 1. The predicted octanol–water partition coefficient (Wildman–Crippen LogP) is 1.30. The number of imidazole rings is 1. The van der Waals surface area contributed by atoms with Crippen molar-refractivity contribution >= 4 is 28.4 Å². The van der Waals surface area contributed by atoms with Gasteiger partial charge >= 0.3 is 5.69 Å². The predicted molar refractivity (Wildman–Crippen MR) is 134 cm³/mol. The van der Waals surface area contributed by atoms with Crippen LogP contribution in [-0.4, -0.2) is 62.2 Å². The highest BCUT2D eigenvalue weighted by Gasteiger charge is 2.18. The number of benzene rings is 1. The first-order valence-corrected chi connectivity index (χ1v) is 11.8. The lowest BCUT2D eigenvalue weighted by atomic mass is 10.1. The molecule has 0 aliphatic carbocycles. The van der Waals surface area contributed by atoms with E-state index in [1.165, 1.54) is 17.3 Å². The summed E-state index contributed by atoms with van der Waals surface area (Å²) in [5, 5.41) is 2.98. The maximum atomic E-state index is 12.5. The number of rotatable bonds is 7. The zero-order chi connectivity index (χ0) is 24.4. The summed E-state index contributed by atoms with van der Waals surface area (Å²) in [6, 6.07) is 6.07. The molecule has 1 fully saturated rings. The van der Waals surface area contributed by atoms with Gasteiger partial charge in [0, 0.05) is 64.6 Å². The van der Waals surface area contributed by atoms with Crippen LogP contribution in [0.3, 0.4) is 0 Å². The highest BCUT2D eigenvalue weighted by atomic mass is 16.2. The van der Waals surface area contributed by atoms with Crippen molar-refractivity contribution in [2.24, 2.45) is 14.1 Å². The Hall–Kier alpha value is -3.40. The van der Waals surface area contributed by atoms with E-state index in [9.17, 15) is 14.4 Å². The molecule has 10 heteroatoms. The Morgan fingerprint density at radius 3 is 2.50 bits per heavy atom. The van der Waals surface area contributed by atoms with Crippen LogP contribution in [0.15, 0.2) is 34.1 Å². The van der Waals surface area contributed by atoms with Gasteiger partial charge in [0.1, 0.15) is 0 Å². The van der Waals surface area contributed by atoms with Gasteiger partial charge in [-0.3, -0.25) is 18.7 Å². The summed E-state index contributed by atoms with van der Waals surface area (Å²) in [7, 11) is 3.04. The van der Waals surface area contributed by atoms with E-state index in [-0.39, 0.29) is 11.5 Å². The molecular formula is C24H33N7O3. The summed E-state index contributed by atoms with van der Waals surface area (Å²) < 4.78 is 4.14. The molecule has 1 N–H and O–H groups in total. The standard InChI is InChI=1S/C24H33N7O3/c1-5-29-11-13-30(14-12-29)19-9-8-18(15-17(19)2)26-20(32)7-6-10-31-16-25-22-21(31)23(33)28(4)24(34)27(22)3/h8-9,15-16H,5-7,10-14H2,1-4H3,(H,26,32). The van der Waals surface area contributed by atoms with E-state index in [0.29, 0.717) is 30.6 Å². The molecule has 1 aliphatic heterocycles. The van der Waals surface area contributed by atoms with E-state index < -0.39 is 5.69 Å². The van der Waals surface area contributed by atoms with Crippen LogP contribution in [0.25, 0.3) is 11.2 Å². The molecule has 0 unspecified atom stereocenters. The van der Waals surface area contributed by atoms with E-state index in [2.05, 4.69) is 40.0 Å². The Morgan fingerprint density at radius 2 is 1.82 bits per heavy atom. The number of carbonyl (C=O) groups is 1. The Balaban J connectivity index is 1.35. The van der Waals surface area contributed by atoms with E-state index in [1.54, 1.807) is 17.9 Å². The van der Waals surface area contributed by atoms with Crippen LogP contribution in [0.5, 0.6) is 0 Å². The average Bonchev–Trinajstić information content (AvgIpc) is 3.25. The fourth-order valence-electron chi connectivity index (χ4n) is 4.59. The van der Waals surface area contributed by atoms with E-state index in [0.717, 1.165) is 48.5 Å². The molecule has 4 rings (SSSR count). The zero-order valence-electron chi connectivity index (χ0n) is 20.4. The Bertz CT molecular complexity index is 1310. The number of anilines is 2. The number of aryl methyl sites for hydroxylation is 3. The number of amides is 1. The first kappa shape index (κ1) is 23.7. The monoisotopic (exact) mass is 467 g/mol. The van der Waals surface area contributed by atoms with Crippen LogP contribution >= 0.6 is 0 Å². The van der Waals surface area contributed by atoms with Crippen molar-refractivity contribution in [3.8, 4) is 0 Å². The Morgan fingerprint density at radius 1 is 1.09 bits per heavy atom. The van der Waals surface area contributed by atoms with Crippen molar-refractivity contribution in [2.75, 3.05) is 42.9 Å². The lowest BCUT2D eigenvalue weighted by molar-refractivity contribution is -0.116. The maximum absolute atomic E-state index is 12.5. The smallest absolute Gasteiger partial charge is 0.332 e. The van der Waals surface area contributed by atoms with Gasteiger partial charge in [-0.2, -0.15) is 0 Å². The molecule has 34 heavy (non-hydrogen) atoms. The summed E-state index contributed by atoms with van der Waals surface area (Å²) in [5.41, 5.74) is 3.08. The molecular weight excluding hydrogens is 434 g/mol. The Labute approximate surface area is 198 Å². The molecule has 0 radical (unpaired) electrons. The van der Waals surface area contributed by atoms with Crippen molar-refractivity contribution in [2.45, 2.75) is 33.2 Å². The second kappa shape index (κ2) is 9.84. The van der Waals surface area contributed by atoms with E-state index in [1.807, 2.05) is 12.1 Å². The van der Waals surface area contributed by atoms with Gasteiger partial charge in [0.25, 0.3) is 5.56 Å². The van der Waals surface area contributed by atoms with Gasteiger partial charge < -0.3 is 19.7 Å². The van der Waals surface area contributed by atoms with Gasteiger partial charge in [-0.25, -0.2) is 9.78 Å². The summed E-state index contributed by atoms with van der Waals surface area (Å²) in [5.74, 6) is -0.0755. The van der Waals surface area contributed by atoms with Gasteiger partial charge in [-0.15, -0.1) is 0 Å². The molecule has 182 valence electrons. The van der Waals surface area contributed by atoms with Crippen molar-refractivity contribution in [3.05, 3.63) is 50.9 Å². The molecule has 10 nitrogen and oxygen atoms in total. The van der Waals surface area contributed by atoms with E-state index in [4.69, 9.17) is 0 Å². The molecule has 0 bridgehead atoms. The molecule has 3 aromatic rings. The third-order valence-corrected chi connectivity index (χ3v) is 6.66. The third kappa shape index (κ3) is 4.63. The summed E-state index contributed by atoms with van der Waals surface area (Å²) >= 11 is 0. The van der Waals surface area contributed by atoms with Crippen molar-refractivity contribution < 1.29 is 4.79 Å². The number of hydrogen-bond acceptors (Lipinski definition) is 6. The van der Waals surface area contributed by atoms with Crippen molar-refractivity contribution in [1.82, 2.24) is 23.6 Å². The number of carbonyl (C=O) groups excluding carboxylic acids is 1. The van der Waals surface area contributed by atoms with Gasteiger partial charge in [-0.05, 0) is 43.7 Å². The van der Waals surface area contributed by atoms with Gasteiger partial charge in [0.15, 0.2) is 11.2 Å². The zero-order valence-corrected chi connectivity index (χ0v) is 20.4. The minimum Gasteiger partial charge on any atom is -0.369 e. The largest absolute Gasteiger partial charge is 0.369 e. The lowest BCUT2D eigenvalue weighted by Crippen LogP contribution is -2.46. The third-order valence-electron chi connectivity index (χ3n) is 6.66. The SMILES string of the molecule is CCN1CCN(c2ccc(NC(=O)CCCn3cnc4c3c(=O)n(C)c(=O)n4C)cc2C)CC1. The topological polar surface area (TPSA) is 97.4 Å². The van der Waals surface area contributed by atoms with Crippen LogP contribution < -0.4 is 21.5 Å². The summed E-state index contributed by atoms with van der Waals surface area (Å²) in [6.45, 7) is 9.99. The minimum absolute atomic E-state index is 0.0755. The van der Waals surface area contributed by atoms with Crippen molar-refractivity contribution in [3.63, 3.8) is 0 Å². The molecule has 1 amide bonds. The molecule has 1 aromatic carbocycles. The normalized spacial score (nSPS) is 14.6. The van der Waals surface area contributed by atoms with Crippen LogP contribution in [0, 0.1) is 6.92 Å². The molecule has 1 aliphatic rings. The molecule has 2 aromatic heterocycles.